The largest absolute Gasteiger partial charge is 0.493 e. The van der Waals surface area contributed by atoms with Crippen molar-refractivity contribution in [3.8, 4) is 17.0 Å². The number of hydrogen-bond acceptors (Lipinski definition) is 3. The van der Waals surface area contributed by atoms with Gasteiger partial charge in [-0.3, -0.25) is 0 Å². The molecular formula is C15H19N3O. The quantitative estimate of drug-likeness (QED) is 0.883. The number of aryl methyl sites for hydroxylation is 1. The summed E-state index contributed by atoms with van der Waals surface area (Å²) in [7, 11) is 0. The molecule has 0 aliphatic carbocycles. The van der Waals surface area contributed by atoms with Crippen LogP contribution in [0.25, 0.3) is 11.3 Å². The second-order valence-corrected chi connectivity index (χ2v) is 5.18. The van der Waals surface area contributed by atoms with Crippen LogP contribution in [0.4, 0.5) is 0 Å². The van der Waals surface area contributed by atoms with Crippen LogP contribution in [0, 0.1) is 0 Å². The van der Waals surface area contributed by atoms with Crippen LogP contribution in [-0.2, 0) is 12.8 Å². The molecule has 0 radical (unpaired) electrons. The van der Waals surface area contributed by atoms with Gasteiger partial charge in [0.2, 0.25) is 0 Å². The molecule has 1 aliphatic rings. The van der Waals surface area contributed by atoms with Crippen LogP contribution in [-0.4, -0.2) is 22.6 Å². The molecule has 0 saturated heterocycles. The van der Waals surface area contributed by atoms with Crippen LogP contribution < -0.4 is 10.5 Å². The van der Waals surface area contributed by atoms with E-state index in [2.05, 4.69) is 22.1 Å². The van der Waals surface area contributed by atoms with Crippen molar-refractivity contribution in [1.82, 2.24) is 9.97 Å². The second-order valence-electron chi connectivity index (χ2n) is 5.18. The number of nitrogens with two attached hydrogens (primary N) is 1. The van der Waals surface area contributed by atoms with Crippen molar-refractivity contribution in [2.75, 3.05) is 6.61 Å². The van der Waals surface area contributed by atoms with Crippen LogP contribution >= 0.6 is 0 Å². The van der Waals surface area contributed by atoms with E-state index in [-0.39, 0.29) is 6.04 Å². The number of aromatic nitrogens is 2. The van der Waals surface area contributed by atoms with Gasteiger partial charge in [0.05, 0.1) is 18.5 Å². The standard InChI is InChI=1S/C15H19N3O/c1-10(16)2-5-15-17-9-13(18-15)11-3-4-14-12(8-11)6-7-19-14/h3-4,8-10H,2,5-7,16H2,1H3,(H,17,18). The third-order valence-electron chi connectivity index (χ3n) is 3.47. The van der Waals surface area contributed by atoms with Crippen molar-refractivity contribution < 1.29 is 4.74 Å². The van der Waals surface area contributed by atoms with Crippen molar-refractivity contribution in [3.63, 3.8) is 0 Å². The average molecular weight is 257 g/mol. The van der Waals surface area contributed by atoms with Crippen molar-refractivity contribution in [2.45, 2.75) is 32.2 Å². The minimum absolute atomic E-state index is 0.214. The van der Waals surface area contributed by atoms with Crippen LogP contribution in [0.3, 0.4) is 0 Å². The van der Waals surface area contributed by atoms with Crippen molar-refractivity contribution in [1.29, 1.82) is 0 Å². The number of rotatable bonds is 4. The Kier molecular flexibility index (Phi) is 3.25. The lowest BCUT2D eigenvalue weighted by Crippen LogP contribution is -2.15. The number of imidazole rings is 1. The number of nitrogens with one attached hydrogen (secondary N) is 1. The summed E-state index contributed by atoms with van der Waals surface area (Å²) in [6.45, 7) is 2.81. The zero-order valence-corrected chi connectivity index (χ0v) is 11.1. The molecule has 0 spiro atoms. The Morgan fingerprint density at radius 2 is 2.37 bits per heavy atom. The Bertz CT molecular complexity index is 575. The molecule has 2 aromatic rings. The molecule has 1 aromatic heterocycles. The lowest BCUT2D eigenvalue weighted by molar-refractivity contribution is 0.357. The predicted octanol–water partition coefficient (Wildman–Crippen LogP) is 2.29. The second kappa shape index (κ2) is 5.05. The van der Waals surface area contributed by atoms with Gasteiger partial charge in [-0.25, -0.2) is 4.98 Å². The van der Waals surface area contributed by atoms with Crippen LogP contribution in [0.5, 0.6) is 5.75 Å². The smallest absolute Gasteiger partial charge is 0.122 e. The molecule has 2 heterocycles. The molecule has 0 saturated carbocycles. The number of nitrogens with zero attached hydrogens (tertiary/aromatic N) is 1. The van der Waals surface area contributed by atoms with Crippen molar-refractivity contribution in [2.24, 2.45) is 5.73 Å². The van der Waals surface area contributed by atoms with E-state index in [4.69, 9.17) is 10.5 Å². The van der Waals surface area contributed by atoms with Gasteiger partial charge in [-0.2, -0.15) is 0 Å². The average Bonchev–Trinajstić information content (AvgIpc) is 3.04. The topological polar surface area (TPSA) is 63.9 Å². The molecule has 3 rings (SSSR count). The highest BCUT2D eigenvalue weighted by Crippen LogP contribution is 2.29. The van der Waals surface area contributed by atoms with E-state index >= 15 is 0 Å². The Morgan fingerprint density at radius 1 is 1.47 bits per heavy atom. The maximum absolute atomic E-state index is 5.76. The summed E-state index contributed by atoms with van der Waals surface area (Å²) in [4.78, 5) is 7.78. The number of fused-ring (bicyclic) bond motifs is 1. The molecule has 100 valence electrons. The third-order valence-corrected chi connectivity index (χ3v) is 3.47. The highest BCUT2D eigenvalue weighted by molar-refractivity contribution is 5.62. The van der Waals surface area contributed by atoms with Crippen molar-refractivity contribution >= 4 is 0 Å². The van der Waals surface area contributed by atoms with E-state index in [1.54, 1.807) is 0 Å². The van der Waals surface area contributed by atoms with Crippen LogP contribution in [0.1, 0.15) is 24.7 Å². The fourth-order valence-corrected chi connectivity index (χ4v) is 2.35. The summed E-state index contributed by atoms with van der Waals surface area (Å²) in [5.41, 5.74) is 9.28. The normalized spacial score (nSPS) is 15.1. The third kappa shape index (κ3) is 2.63. The first-order chi connectivity index (χ1) is 9.22. The molecule has 3 N–H and O–H groups in total. The summed E-state index contributed by atoms with van der Waals surface area (Å²) in [6.07, 6.45) is 4.74. The molecular weight excluding hydrogens is 238 g/mol. The van der Waals surface area contributed by atoms with E-state index in [0.29, 0.717) is 0 Å². The number of aromatic amines is 1. The van der Waals surface area contributed by atoms with Gasteiger partial charge < -0.3 is 15.5 Å². The first-order valence-electron chi connectivity index (χ1n) is 6.78. The molecule has 1 atom stereocenters. The Balaban J connectivity index is 1.79. The lowest BCUT2D eigenvalue weighted by atomic mass is 10.1. The maximum Gasteiger partial charge on any atom is 0.122 e. The zero-order chi connectivity index (χ0) is 13.2. The lowest BCUT2D eigenvalue weighted by Gasteiger charge is -2.03. The summed E-state index contributed by atoms with van der Waals surface area (Å²) in [5, 5.41) is 0. The van der Waals surface area contributed by atoms with E-state index < -0.39 is 0 Å². The van der Waals surface area contributed by atoms with Crippen LogP contribution in [0.2, 0.25) is 0 Å². The Hall–Kier alpha value is -1.81. The minimum atomic E-state index is 0.214. The Labute approximate surface area is 113 Å². The van der Waals surface area contributed by atoms with Gasteiger partial charge in [-0.15, -0.1) is 0 Å². The van der Waals surface area contributed by atoms with E-state index in [1.165, 1.54) is 11.1 Å². The van der Waals surface area contributed by atoms with Gasteiger partial charge in [0.15, 0.2) is 0 Å². The van der Waals surface area contributed by atoms with Crippen molar-refractivity contribution in [3.05, 3.63) is 35.8 Å². The molecule has 4 heteroatoms. The molecule has 19 heavy (non-hydrogen) atoms. The summed E-state index contributed by atoms with van der Waals surface area (Å²) in [6, 6.07) is 6.52. The first kappa shape index (κ1) is 12.2. The molecule has 1 unspecified atom stereocenters. The van der Waals surface area contributed by atoms with Gasteiger partial charge in [-0.05, 0) is 37.1 Å². The summed E-state index contributed by atoms with van der Waals surface area (Å²) >= 11 is 0. The molecule has 1 aliphatic heterocycles. The number of benzene rings is 1. The highest BCUT2D eigenvalue weighted by Gasteiger charge is 2.13. The van der Waals surface area contributed by atoms with Crippen LogP contribution in [0.15, 0.2) is 24.4 Å². The van der Waals surface area contributed by atoms with Gasteiger partial charge in [0, 0.05) is 24.4 Å². The van der Waals surface area contributed by atoms with E-state index in [9.17, 15) is 0 Å². The highest BCUT2D eigenvalue weighted by atomic mass is 16.5. The molecule has 0 bridgehead atoms. The predicted molar refractivity (Wildman–Crippen MR) is 75.2 cm³/mol. The van der Waals surface area contributed by atoms with Gasteiger partial charge in [0.25, 0.3) is 0 Å². The summed E-state index contributed by atoms with van der Waals surface area (Å²) < 4.78 is 5.52. The zero-order valence-electron chi connectivity index (χ0n) is 11.1. The molecule has 4 nitrogen and oxygen atoms in total. The minimum Gasteiger partial charge on any atom is -0.493 e. The number of H-pyrrole nitrogens is 1. The van der Waals surface area contributed by atoms with E-state index in [1.807, 2.05) is 19.2 Å². The molecule has 0 amide bonds. The SMILES string of the molecule is CC(N)CCc1ncc(-c2ccc3c(c2)CCO3)[nH]1. The Morgan fingerprint density at radius 3 is 3.21 bits per heavy atom. The number of hydrogen-bond donors (Lipinski definition) is 2. The number of ether oxygens (including phenoxy) is 1. The monoisotopic (exact) mass is 257 g/mol. The van der Waals surface area contributed by atoms with E-state index in [0.717, 1.165) is 43.1 Å². The van der Waals surface area contributed by atoms with Gasteiger partial charge in [0.1, 0.15) is 11.6 Å². The first-order valence-corrected chi connectivity index (χ1v) is 6.78. The fraction of sp³-hybridized carbons (Fsp3) is 0.400. The van der Waals surface area contributed by atoms with Gasteiger partial charge >= 0.3 is 0 Å². The summed E-state index contributed by atoms with van der Waals surface area (Å²) in [5.74, 6) is 2.02. The van der Waals surface area contributed by atoms with Gasteiger partial charge in [-0.1, -0.05) is 0 Å². The maximum atomic E-state index is 5.76. The fourth-order valence-electron chi connectivity index (χ4n) is 2.35. The molecule has 1 aromatic carbocycles. The molecule has 0 fully saturated rings.